The van der Waals surface area contributed by atoms with Gasteiger partial charge in [-0.1, -0.05) is 23.2 Å². The number of nitrogens with two attached hydrogens (primary N) is 1. The molecule has 0 aliphatic rings. The Bertz CT molecular complexity index is 1020. The zero-order valence-corrected chi connectivity index (χ0v) is 16.7. The summed E-state index contributed by atoms with van der Waals surface area (Å²) in [7, 11) is -3.74. The van der Waals surface area contributed by atoms with Gasteiger partial charge in [-0.15, -0.1) is 11.3 Å². The maximum absolute atomic E-state index is 12.5. The molecule has 0 saturated heterocycles. The quantitative estimate of drug-likeness (QED) is 0.640. The van der Waals surface area contributed by atoms with E-state index in [0.29, 0.717) is 12.2 Å². The minimum absolute atomic E-state index is 0.0735. The number of hydrogen-bond donors (Lipinski definition) is 2. The number of halogens is 2. The predicted molar refractivity (Wildman–Crippen MR) is 105 cm³/mol. The first kappa shape index (κ1) is 18.5. The summed E-state index contributed by atoms with van der Waals surface area (Å²) in [6, 6.07) is 8.66. The molecule has 134 valence electrons. The Morgan fingerprint density at radius 3 is 2.56 bits per heavy atom. The second-order valence-corrected chi connectivity index (χ2v) is 10.2. The van der Waals surface area contributed by atoms with E-state index in [1.807, 2.05) is 32.2 Å². The van der Waals surface area contributed by atoms with Crippen molar-refractivity contribution in [1.29, 1.82) is 0 Å². The fourth-order valence-electron chi connectivity index (χ4n) is 2.50. The third-order valence-corrected chi connectivity index (χ3v) is 7.70. The Labute approximate surface area is 160 Å². The summed E-state index contributed by atoms with van der Waals surface area (Å²) in [6.07, 6.45) is 1.95. The molecule has 25 heavy (non-hydrogen) atoms. The highest BCUT2D eigenvalue weighted by atomic mass is 35.5. The maximum atomic E-state index is 12.5. The monoisotopic (exact) mass is 417 g/mol. The van der Waals surface area contributed by atoms with Gasteiger partial charge in [-0.3, -0.25) is 4.72 Å². The molecule has 0 spiro atoms. The van der Waals surface area contributed by atoms with E-state index < -0.39 is 10.0 Å². The summed E-state index contributed by atoms with van der Waals surface area (Å²) in [5, 5.41) is 1.15. The van der Waals surface area contributed by atoms with Gasteiger partial charge in [0.05, 0.1) is 10.6 Å². The number of nitrogens with one attached hydrogen (secondary N) is 1. The van der Waals surface area contributed by atoms with E-state index in [-0.39, 0.29) is 19.1 Å². The van der Waals surface area contributed by atoms with Crippen LogP contribution in [-0.4, -0.2) is 19.5 Å². The average Bonchev–Trinajstić information content (AvgIpc) is 3.11. The van der Waals surface area contributed by atoms with Gasteiger partial charge >= 0.3 is 0 Å². The first-order valence-corrected chi connectivity index (χ1v) is 10.5. The van der Waals surface area contributed by atoms with Crippen LogP contribution < -0.4 is 10.5 Å². The number of fused-ring (bicyclic) bond motifs is 1. The van der Waals surface area contributed by atoms with Crippen LogP contribution in [0.15, 0.2) is 40.7 Å². The first-order chi connectivity index (χ1) is 11.6. The van der Waals surface area contributed by atoms with Crippen LogP contribution in [0.5, 0.6) is 0 Å². The molecule has 0 bridgehead atoms. The van der Waals surface area contributed by atoms with E-state index in [9.17, 15) is 8.42 Å². The molecular weight excluding hydrogens is 401 g/mol. The Morgan fingerprint density at radius 2 is 1.96 bits per heavy atom. The number of anilines is 1. The van der Waals surface area contributed by atoms with E-state index in [1.54, 1.807) is 12.1 Å². The minimum atomic E-state index is -3.74. The highest BCUT2D eigenvalue weighted by molar-refractivity contribution is 7.94. The fraction of sp³-hybridized carbons (Fsp3) is 0.250. The number of hydrogen-bond acceptors (Lipinski definition) is 4. The predicted octanol–water partition coefficient (Wildman–Crippen LogP) is 4.50. The Morgan fingerprint density at radius 1 is 1.24 bits per heavy atom. The van der Waals surface area contributed by atoms with Crippen LogP contribution in [0.25, 0.3) is 10.9 Å². The molecule has 9 heteroatoms. The van der Waals surface area contributed by atoms with E-state index in [0.717, 1.165) is 22.2 Å². The van der Waals surface area contributed by atoms with Gasteiger partial charge < -0.3 is 10.3 Å². The average molecular weight is 418 g/mol. The van der Waals surface area contributed by atoms with Gasteiger partial charge in [0.25, 0.3) is 10.0 Å². The topological polar surface area (TPSA) is 77.1 Å². The van der Waals surface area contributed by atoms with Crippen LogP contribution in [0.1, 0.15) is 13.8 Å². The van der Waals surface area contributed by atoms with Crippen LogP contribution in [0.4, 0.5) is 5.69 Å². The summed E-state index contributed by atoms with van der Waals surface area (Å²) >= 11 is 12.6. The van der Waals surface area contributed by atoms with Crippen molar-refractivity contribution >= 4 is 61.2 Å². The number of benzene rings is 1. The largest absolute Gasteiger partial charge is 0.341 e. The Balaban J connectivity index is 1.95. The van der Waals surface area contributed by atoms with Crippen molar-refractivity contribution in [2.75, 3.05) is 11.3 Å². The molecule has 1 aromatic carbocycles. The summed E-state index contributed by atoms with van der Waals surface area (Å²) in [5.41, 5.74) is 7.07. The fourth-order valence-corrected chi connectivity index (χ4v) is 5.43. The second kappa shape index (κ2) is 6.48. The molecule has 0 aliphatic carbocycles. The van der Waals surface area contributed by atoms with Crippen molar-refractivity contribution in [3.63, 3.8) is 0 Å². The third-order valence-electron chi connectivity index (χ3n) is 3.98. The number of aromatic nitrogens is 1. The van der Waals surface area contributed by atoms with Crippen LogP contribution in [0.2, 0.25) is 9.36 Å². The molecule has 0 unspecified atom stereocenters. The zero-order valence-electron chi connectivity index (χ0n) is 13.6. The van der Waals surface area contributed by atoms with Gasteiger partial charge in [-0.2, -0.15) is 0 Å². The van der Waals surface area contributed by atoms with Crippen molar-refractivity contribution in [2.45, 2.75) is 23.6 Å². The van der Waals surface area contributed by atoms with Crippen molar-refractivity contribution < 1.29 is 8.42 Å². The van der Waals surface area contributed by atoms with E-state index in [4.69, 9.17) is 28.9 Å². The number of sulfonamides is 1. The number of rotatable bonds is 5. The van der Waals surface area contributed by atoms with Gasteiger partial charge in [0, 0.05) is 29.3 Å². The maximum Gasteiger partial charge on any atom is 0.271 e. The minimum Gasteiger partial charge on any atom is -0.341 e. The lowest BCUT2D eigenvalue weighted by Crippen LogP contribution is -2.34. The first-order valence-electron chi connectivity index (χ1n) is 7.43. The van der Waals surface area contributed by atoms with Crippen molar-refractivity contribution in [3.8, 4) is 0 Å². The lowest BCUT2D eigenvalue weighted by molar-refractivity contribution is 0.379. The standard InChI is InChI=1S/C16H17Cl2N3O2S2/c1-16(2,9-19)21-6-5-10-7-11(3-4-13(10)21)20-25(22,23)14-8-12(17)15(18)24-14/h3-8,20H,9,19H2,1-2H3. The summed E-state index contributed by atoms with van der Waals surface area (Å²) in [5.74, 6) is 0. The molecule has 0 amide bonds. The smallest absolute Gasteiger partial charge is 0.271 e. The van der Waals surface area contributed by atoms with E-state index >= 15 is 0 Å². The molecule has 0 aliphatic heterocycles. The molecule has 0 atom stereocenters. The van der Waals surface area contributed by atoms with Gasteiger partial charge in [0.1, 0.15) is 8.55 Å². The van der Waals surface area contributed by atoms with Crippen LogP contribution >= 0.6 is 34.5 Å². The SMILES string of the molecule is CC(C)(CN)n1ccc2cc(NS(=O)(=O)c3cc(Cl)c(Cl)s3)ccc21. The molecule has 5 nitrogen and oxygen atoms in total. The summed E-state index contributed by atoms with van der Waals surface area (Å²) in [6.45, 7) is 4.59. The van der Waals surface area contributed by atoms with Gasteiger partial charge in [0.15, 0.2) is 0 Å². The van der Waals surface area contributed by atoms with Crippen LogP contribution in [-0.2, 0) is 15.6 Å². The Kier molecular flexibility index (Phi) is 4.81. The van der Waals surface area contributed by atoms with E-state index in [1.165, 1.54) is 6.07 Å². The van der Waals surface area contributed by atoms with Crippen molar-refractivity contribution in [2.24, 2.45) is 5.73 Å². The molecule has 3 N–H and O–H groups in total. The molecule has 3 rings (SSSR count). The third kappa shape index (κ3) is 3.52. The molecule has 0 saturated carbocycles. The molecule has 0 fully saturated rings. The number of thiophene rings is 1. The van der Waals surface area contributed by atoms with Gasteiger partial charge in [-0.25, -0.2) is 8.42 Å². The molecule has 2 aromatic heterocycles. The molecule has 3 aromatic rings. The Hall–Kier alpha value is -1.25. The summed E-state index contributed by atoms with van der Waals surface area (Å²) < 4.78 is 29.9. The second-order valence-electron chi connectivity index (χ2n) is 6.27. The lowest BCUT2D eigenvalue weighted by Gasteiger charge is -2.26. The van der Waals surface area contributed by atoms with Gasteiger partial charge in [0.2, 0.25) is 0 Å². The highest BCUT2D eigenvalue weighted by Crippen LogP contribution is 2.35. The van der Waals surface area contributed by atoms with Gasteiger partial charge in [-0.05, 0) is 44.2 Å². The molecule has 0 radical (unpaired) electrons. The molecular formula is C16H17Cl2N3O2S2. The van der Waals surface area contributed by atoms with Crippen LogP contribution in [0, 0.1) is 0 Å². The van der Waals surface area contributed by atoms with Crippen LogP contribution in [0.3, 0.4) is 0 Å². The number of nitrogens with zero attached hydrogens (tertiary/aromatic N) is 1. The van der Waals surface area contributed by atoms with Crippen molar-refractivity contribution in [3.05, 3.63) is 45.9 Å². The lowest BCUT2D eigenvalue weighted by atomic mass is 10.1. The van der Waals surface area contributed by atoms with Crippen molar-refractivity contribution in [1.82, 2.24) is 4.57 Å². The van der Waals surface area contributed by atoms with E-state index in [2.05, 4.69) is 9.29 Å². The summed E-state index contributed by atoms with van der Waals surface area (Å²) in [4.78, 5) is 0. The molecule has 2 heterocycles. The highest BCUT2D eigenvalue weighted by Gasteiger charge is 2.21. The zero-order chi connectivity index (χ0) is 18.4. The normalized spacial score (nSPS) is 12.7.